The minimum atomic E-state index is -1.30. The number of carboxylic acid groups (broad SMARTS) is 1. The van der Waals surface area contributed by atoms with Crippen LogP contribution in [0.5, 0.6) is 5.75 Å². The molecule has 2 aromatic carbocycles. The molecule has 22 heavy (non-hydrogen) atoms. The lowest BCUT2D eigenvalue weighted by Gasteiger charge is -2.06. The molecule has 0 aliphatic rings. The summed E-state index contributed by atoms with van der Waals surface area (Å²) >= 11 is 0. The minimum Gasteiger partial charge on any atom is -0.546 e. The van der Waals surface area contributed by atoms with Gasteiger partial charge in [0.2, 0.25) is 0 Å². The number of rotatable bonds is 5. The molecule has 0 N–H and O–H groups in total. The van der Waals surface area contributed by atoms with Crippen LogP contribution in [0.25, 0.3) is 11.6 Å². The molecule has 110 valence electrons. The summed E-state index contributed by atoms with van der Waals surface area (Å²) in [5.41, 5.74) is 1.52. The van der Waals surface area contributed by atoms with E-state index >= 15 is 0 Å². The predicted molar refractivity (Wildman–Crippen MR) is 76.8 cm³/mol. The van der Waals surface area contributed by atoms with Crippen LogP contribution in [0.4, 0.5) is 4.39 Å². The van der Waals surface area contributed by atoms with Crippen molar-refractivity contribution in [2.75, 3.05) is 6.61 Å². The SMILES string of the molecule is N#C/C(=C\c1ccc(OCC(=O)[O-])cc1)c1cccc(F)c1. The number of carbonyl (C=O) groups is 1. The van der Waals surface area contributed by atoms with E-state index in [1.54, 1.807) is 36.4 Å². The lowest BCUT2D eigenvalue weighted by Crippen LogP contribution is -2.28. The maximum absolute atomic E-state index is 13.2. The van der Waals surface area contributed by atoms with Crippen LogP contribution in [0.3, 0.4) is 0 Å². The summed E-state index contributed by atoms with van der Waals surface area (Å²) in [6.07, 6.45) is 1.61. The molecule has 2 rings (SSSR count). The van der Waals surface area contributed by atoms with Crippen molar-refractivity contribution in [3.8, 4) is 11.8 Å². The van der Waals surface area contributed by atoms with Crippen molar-refractivity contribution in [2.45, 2.75) is 0 Å². The summed E-state index contributed by atoms with van der Waals surface area (Å²) in [5, 5.41) is 19.5. The third-order valence-corrected chi connectivity index (χ3v) is 2.80. The Morgan fingerprint density at radius 3 is 2.59 bits per heavy atom. The van der Waals surface area contributed by atoms with E-state index in [-0.39, 0.29) is 0 Å². The second kappa shape index (κ2) is 7.04. The summed E-state index contributed by atoms with van der Waals surface area (Å²) in [7, 11) is 0. The van der Waals surface area contributed by atoms with Crippen LogP contribution < -0.4 is 9.84 Å². The highest BCUT2D eigenvalue weighted by Gasteiger charge is 2.03. The second-order valence-corrected chi connectivity index (χ2v) is 4.41. The Kier molecular flexibility index (Phi) is 4.89. The average Bonchev–Trinajstić information content (AvgIpc) is 2.51. The lowest BCUT2D eigenvalue weighted by molar-refractivity contribution is -0.307. The number of allylic oxidation sites excluding steroid dienone is 1. The van der Waals surface area contributed by atoms with Gasteiger partial charge in [-0.25, -0.2) is 4.39 Å². The Morgan fingerprint density at radius 2 is 2.00 bits per heavy atom. The number of aliphatic carboxylic acids is 1. The van der Waals surface area contributed by atoms with Gasteiger partial charge < -0.3 is 14.6 Å². The molecular weight excluding hydrogens is 285 g/mol. The molecule has 0 bridgehead atoms. The molecule has 0 aromatic heterocycles. The number of carbonyl (C=O) groups excluding carboxylic acids is 1. The van der Waals surface area contributed by atoms with E-state index in [4.69, 9.17) is 4.74 Å². The molecule has 0 aliphatic heterocycles. The van der Waals surface area contributed by atoms with Crippen molar-refractivity contribution in [1.82, 2.24) is 0 Å². The van der Waals surface area contributed by atoms with Crippen LogP contribution in [-0.2, 0) is 4.79 Å². The summed E-state index contributed by atoms with van der Waals surface area (Å²) in [4.78, 5) is 10.3. The van der Waals surface area contributed by atoms with Gasteiger partial charge >= 0.3 is 0 Å². The van der Waals surface area contributed by atoms with E-state index in [0.29, 0.717) is 22.4 Å². The molecule has 0 radical (unpaired) electrons. The first-order valence-electron chi connectivity index (χ1n) is 6.39. The zero-order valence-corrected chi connectivity index (χ0v) is 11.5. The fourth-order valence-corrected chi connectivity index (χ4v) is 1.81. The van der Waals surface area contributed by atoms with Gasteiger partial charge in [0, 0.05) is 0 Å². The number of carboxylic acids is 1. The molecule has 0 heterocycles. The van der Waals surface area contributed by atoms with E-state index in [0.717, 1.165) is 0 Å². The average molecular weight is 296 g/mol. The Balaban J connectivity index is 2.20. The van der Waals surface area contributed by atoms with Crippen molar-refractivity contribution in [2.24, 2.45) is 0 Å². The van der Waals surface area contributed by atoms with Crippen molar-refractivity contribution in [3.05, 3.63) is 65.5 Å². The van der Waals surface area contributed by atoms with Gasteiger partial charge in [-0.1, -0.05) is 24.3 Å². The second-order valence-electron chi connectivity index (χ2n) is 4.41. The largest absolute Gasteiger partial charge is 0.546 e. The Labute approximate surface area is 126 Å². The first-order valence-corrected chi connectivity index (χ1v) is 6.39. The highest BCUT2D eigenvalue weighted by atomic mass is 19.1. The van der Waals surface area contributed by atoms with Crippen molar-refractivity contribution >= 4 is 17.6 Å². The number of halogens is 1. The van der Waals surface area contributed by atoms with Gasteiger partial charge in [0.05, 0.1) is 17.6 Å². The minimum absolute atomic E-state index is 0.322. The van der Waals surface area contributed by atoms with Crippen LogP contribution in [0.1, 0.15) is 11.1 Å². The molecule has 0 unspecified atom stereocenters. The molecule has 0 fully saturated rings. The van der Waals surface area contributed by atoms with Crippen LogP contribution >= 0.6 is 0 Å². The van der Waals surface area contributed by atoms with E-state index in [2.05, 4.69) is 0 Å². The Hall–Kier alpha value is -3.13. The van der Waals surface area contributed by atoms with E-state index < -0.39 is 18.4 Å². The van der Waals surface area contributed by atoms with Gasteiger partial charge in [0.25, 0.3) is 0 Å². The Morgan fingerprint density at radius 1 is 1.27 bits per heavy atom. The van der Waals surface area contributed by atoms with Crippen LogP contribution in [-0.4, -0.2) is 12.6 Å². The highest BCUT2D eigenvalue weighted by molar-refractivity contribution is 5.89. The van der Waals surface area contributed by atoms with Crippen molar-refractivity contribution < 1.29 is 19.0 Å². The first kappa shape index (κ1) is 15.3. The maximum Gasteiger partial charge on any atom is 0.128 e. The van der Waals surface area contributed by atoms with Crippen LogP contribution in [0, 0.1) is 17.1 Å². The monoisotopic (exact) mass is 296 g/mol. The van der Waals surface area contributed by atoms with E-state index in [9.17, 15) is 19.6 Å². The third-order valence-electron chi connectivity index (χ3n) is 2.80. The molecule has 0 spiro atoms. The number of ether oxygens (including phenoxy) is 1. The van der Waals surface area contributed by atoms with Gasteiger partial charge in [0.1, 0.15) is 18.2 Å². The Bertz CT molecular complexity index is 745. The van der Waals surface area contributed by atoms with E-state index in [1.807, 2.05) is 6.07 Å². The summed E-state index contributed by atoms with van der Waals surface area (Å²) in [5.74, 6) is -1.34. The molecule has 0 aliphatic carbocycles. The summed E-state index contributed by atoms with van der Waals surface area (Å²) < 4.78 is 18.2. The molecule has 0 amide bonds. The number of benzene rings is 2. The van der Waals surface area contributed by atoms with Gasteiger partial charge in [-0.05, 0) is 41.5 Å². The zero-order valence-electron chi connectivity index (χ0n) is 11.5. The first-order chi connectivity index (χ1) is 10.6. The normalized spacial score (nSPS) is 10.8. The molecule has 4 nitrogen and oxygen atoms in total. The molecule has 0 atom stereocenters. The van der Waals surface area contributed by atoms with E-state index in [1.165, 1.54) is 18.2 Å². The predicted octanol–water partition coefficient (Wildman–Crippen LogP) is 2.02. The summed E-state index contributed by atoms with van der Waals surface area (Å²) in [6, 6.07) is 14.3. The summed E-state index contributed by atoms with van der Waals surface area (Å²) in [6.45, 7) is -0.526. The third kappa shape index (κ3) is 4.18. The highest BCUT2D eigenvalue weighted by Crippen LogP contribution is 2.20. The van der Waals surface area contributed by atoms with Crippen molar-refractivity contribution in [1.29, 1.82) is 5.26 Å². The number of hydrogen-bond acceptors (Lipinski definition) is 4. The van der Waals surface area contributed by atoms with Gasteiger partial charge in [-0.15, -0.1) is 0 Å². The maximum atomic E-state index is 13.2. The van der Waals surface area contributed by atoms with Crippen LogP contribution in [0.15, 0.2) is 48.5 Å². The van der Waals surface area contributed by atoms with Gasteiger partial charge in [-0.3, -0.25) is 0 Å². The molecular formula is C17H11FNO3-. The zero-order chi connectivity index (χ0) is 15.9. The van der Waals surface area contributed by atoms with Gasteiger partial charge in [0.15, 0.2) is 0 Å². The molecule has 5 heteroatoms. The molecule has 0 saturated heterocycles. The molecule has 0 saturated carbocycles. The number of hydrogen-bond donors (Lipinski definition) is 0. The smallest absolute Gasteiger partial charge is 0.128 e. The lowest BCUT2D eigenvalue weighted by atomic mass is 10.0. The fourth-order valence-electron chi connectivity index (χ4n) is 1.81. The van der Waals surface area contributed by atoms with Crippen molar-refractivity contribution in [3.63, 3.8) is 0 Å². The number of nitrogens with zero attached hydrogens (tertiary/aromatic N) is 1. The topological polar surface area (TPSA) is 73.1 Å². The number of nitriles is 1. The van der Waals surface area contributed by atoms with Crippen LogP contribution in [0.2, 0.25) is 0 Å². The quantitative estimate of drug-likeness (QED) is 0.625. The molecule has 2 aromatic rings. The fraction of sp³-hybridized carbons (Fsp3) is 0.0588. The van der Waals surface area contributed by atoms with Gasteiger partial charge in [-0.2, -0.15) is 5.26 Å². The standard InChI is InChI=1S/C17H12FNO3/c18-15-3-1-2-13(9-15)14(10-19)8-12-4-6-16(7-5-12)22-11-17(20)21/h1-9H,11H2,(H,20,21)/p-1/b14-8+.